The third-order valence-corrected chi connectivity index (χ3v) is 6.95. The topological polar surface area (TPSA) is 132 Å². The van der Waals surface area contributed by atoms with Crippen molar-refractivity contribution in [2.45, 2.75) is 0 Å². The molecule has 0 aliphatic heterocycles. The van der Waals surface area contributed by atoms with E-state index in [1.54, 1.807) is 60.7 Å². The van der Waals surface area contributed by atoms with Crippen LogP contribution in [-0.2, 0) is 0 Å². The highest BCUT2D eigenvalue weighted by Crippen LogP contribution is 2.58. The summed E-state index contributed by atoms with van der Waals surface area (Å²) in [7, 11) is 0. The molecule has 8 heteroatoms. The minimum absolute atomic E-state index is 0.00908. The van der Waals surface area contributed by atoms with Gasteiger partial charge in [-0.1, -0.05) is 60.7 Å². The Morgan fingerprint density at radius 2 is 1.00 bits per heavy atom. The lowest BCUT2D eigenvalue weighted by Crippen LogP contribution is -2.04. The number of rotatable bonds is 2. The second-order valence-corrected chi connectivity index (χ2v) is 8.80. The lowest BCUT2D eigenvalue weighted by Gasteiger charge is -2.16. The van der Waals surface area contributed by atoms with E-state index in [0.717, 1.165) is 0 Å². The summed E-state index contributed by atoms with van der Waals surface area (Å²) in [4.78, 5) is 10.5. The van der Waals surface area contributed by atoms with E-state index in [1.807, 2.05) is 12.1 Å². The summed E-state index contributed by atoms with van der Waals surface area (Å²) >= 11 is 0. The van der Waals surface area contributed by atoms with Gasteiger partial charge < -0.3 is 0 Å². The average Bonchev–Trinajstić information content (AvgIpc) is 3.56. The van der Waals surface area contributed by atoms with Crippen LogP contribution >= 0.6 is 0 Å². The Kier molecular flexibility index (Phi) is 6.45. The number of hydrogen-bond donors (Lipinski definition) is 0. The van der Waals surface area contributed by atoms with Crippen molar-refractivity contribution in [2.75, 3.05) is 0 Å². The lowest BCUT2D eigenvalue weighted by molar-refractivity contribution is 1.38. The van der Waals surface area contributed by atoms with Crippen molar-refractivity contribution in [1.29, 1.82) is 26.3 Å². The zero-order valence-electron chi connectivity index (χ0n) is 21.4. The van der Waals surface area contributed by atoms with Crippen LogP contribution in [0.3, 0.4) is 0 Å². The molecule has 0 aromatic heterocycles. The fraction of sp³-hybridized carbons (Fsp3) is 0. The van der Waals surface area contributed by atoms with Crippen molar-refractivity contribution in [2.24, 2.45) is 0 Å². The Bertz CT molecular complexity index is 2050. The molecular weight excluding hydrogens is 520 g/mol. The summed E-state index contributed by atoms with van der Waals surface area (Å²) in [5.74, 6) is 0. The van der Waals surface area contributed by atoms with Crippen LogP contribution in [0.25, 0.3) is 48.1 Å². The average molecular weight is 531 g/mol. The normalized spacial score (nSPS) is 14.9. The monoisotopic (exact) mass is 530 g/mol. The first-order valence-electron chi connectivity index (χ1n) is 12.0. The molecule has 0 fully saturated rings. The molecule has 2 aliphatic carbocycles. The van der Waals surface area contributed by atoms with Gasteiger partial charge in [-0.3, -0.25) is 0 Å². The van der Waals surface area contributed by atoms with E-state index in [9.17, 15) is 26.3 Å². The van der Waals surface area contributed by atoms with Gasteiger partial charge in [0.05, 0.1) is 54.6 Å². The zero-order valence-corrected chi connectivity index (χ0v) is 21.4. The van der Waals surface area contributed by atoms with Gasteiger partial charge in [0.1, 0.15) is 12.1 Å². The molecule has 0 heterocycles. The molecule has 42 heavy (non-hydrogen) atoms. The highest BCUT2D eigenvalue weighted by atomic mass is 14.7. The molecule has 0 bridgehead atoms. The number of hydrogen-bond acceptors (Lipinski definition) is 5. The molecule has 0 radical (unpaired) electrons. The van der Waals surface area contributed by atoms with Crippen LogP contribution in [0.1, 0.15) is 44.5 Å². The van der Waals surface area contributed by atoms with Crippen LogP contribution in [-0.4, -0.2) is 0 Å². The van der Waals surface area contributed by atoms with E-state index in [0.29, 0.717) is 11.1 Å². The molecule has 8 nitrogen and oxygen atoms in total. The minimum atomic E-state index is -0.398. The number of fused-ring (bicyclic) bond motifs is 2. The van der Waals surface area contributed by atoms with Crippen molar-refractivity contribution in [3.8, 4) is 30.3 Å². The van der Waals surface area contributed by atoms with Gasteiger partial charge in [-0.2, -0.15) is 15.8 Å². The molecule has 0 saturated heterocycles. The maximum Gasteiger partial charge on any atom is 0.270 e. The molecule has 2 aliphatic rings. The standard InChI is InChI=1S/C34H10N8/c1-40-24(17-38)32-26(19-10-6-4-7-11-19)21(14-35)28-22(15-36)30-31(23(16-37)29(28)32)34(42-3)27(20-12-8-5-9-13-20)33(30)25(18-39)41-2/h4-13H/b32-24-,33-25+. The summed E-state index contributed by atoms with van der Waals surface area (Å²) in [6, 6.07) is 27.1. The molecule has 0 spiro atoms. The Balaban J connectivity index is 2.13. The largest absolute Gasteiger partial charge is 0.270 e. The molecule has 0 N–H and O–H groups in total. The molecule has 3 aromatic carbocycles. The summed E-state index contributed by atoms with van der Waals surface area (Å²) in [5, 5.41) is 51.6. The Morgan fingerprint density at radius 1 is 0.548 bits per heavy atom. The van der Waals surface area contributed by atoms with Gasteiger partial charge >= 0.3 is 0 Å². The molecule has 3 aromatic rings. The van der Waals surface area contributed by atoms with Crippen LogP contribution in [0.5, 0.6) is 0 Å². The predicted molar refractivity (Wildman–Crippen MR) is 153 cm³/mol. The summed E-state index contributed by atoms with van der Waals surface area (Å²) in [5.41, 5.74) is 0.266. The van der Waals surface area contributed by atoms with E-state index >= 15 is 0 Å². The van der Waals surface area contributed by atoms with Crippen LogP contribution < -0.4 is 0 Å². The fourth-order valence-electron chi connectivity index (χ4n) is 5.45. The highest BCUT2D eigenvalue weighted by Gasteiger charge is 2.43. The summed E-state index contributed by atoms with van der Waals surface area (Å²) < 4.78 is 0. The van der Waals surface area contributed by atoms with Gasteiger partial charge in [0.25, 0.3) is 11.4 Å². The van der Waals surface area contributed by atoms with Crippen LogP contribution in [0.2, 0.25) is 0 Å². The zero-order chi connectivity index (χ0) is 30.0. The van der Waals surface area contributed by atoms with E-state index < -0.39 is 11.4 Å². The Hall–Kier alpha value is -7.46. The number of benzene rings is 3. The third-order valence-electron chi connectivity index (χ3n) is 6.95. The molecule has 5 rings (SSSR count). The van der Waals surface area contributed by atoms with Gasteiger partial charge in [-0.25, -0.2) is 25.1 Å². The second kappa shape index (κ2) is 10.4. The van der Waals surface area contributed by atoms with Crippen molar-refractivity contribution >= 4 is 33.6 Å². The fourth-order valence-corrected chi connectivity index (χ4v) is 5.45. The van der Waals surface area contributed by atoms with E-state index in [2.05, 4.69) is 32.7 Å². The lowest BCUT2D eigenvalue weighted by atomic mass is 9.84. The van der Waals surface area contributed by atoms with Crippen LogP contribution in [0.4, 0.5) is 0 Å². The predicted octanol–water partition coefficient (Wildman–Crippen LogP) is 6.99. The van der Waals surface area contributed by atoms with Crippen molar-refractivity contribution < 1.29 is 0 Å². The summed E-state index contributed by atoms with van der Waals surface area (Å²) in [6.07, 6.45) is 0. The van der Waals surface area contributed by atoms with Gasteiger partial charge in [0.2, 0.25) is 5.70 Å². The molecule has 0 atom stereocenters. The van der Waals surface area contributed by atoms with Crippen LogP contribution in [0.15, 0.2) is 72.1 Å². The first-order chi connectivity index (χ1) is 20.6. The van der Waals surface area contributed by atoms with Gasteiger partial charge in [-0.05, 0) is 39.0 Å². The summed E-state index contributed by atoms with van der Waals surface area (Å²) in [6.45, 7) is 23.6. The van der Waals surface area contributed by atoms with E-state index in [-0.39, 0.29) is 66.9 Å². The van der Waals surface area contributed by atoms with Crippen molar-refractivity contribution in [3.63, 3.8) is 0 Å². The Labute approximate surface area is 240 Å². The third kappa shape index (κ3) is 3.47. The van der Waals surface area contributed by atoms with Crippen molar-refractivity contribution in [1.82, 2.24) is 0 Å². The molecule has 0 saturated carbocycles. The smallest absolute Gasteiger partial charge is 0.237 e. The van der Waals surface area contributed by atoms with E-state index in [1.165, 1.54) is 0 Å². The molecule has 0 unspecified atom stereocenters. The molecular formula is C34H10N8. The van der Waals surface area contributed by atoms with Gasteiger partial charge in [-0.15, -0.1) is 0 Å². The van der Waals surface area contributed by atoms with E-state index in [4.69, 9.17) is 19.7 Å². The van der Waals surface area contributed by atoms with Gasteiger partial charge in [0.15, 0.2) is 0 Å². The molecule has 186 valence electrons. The second-order valence-electron chi connectivity index (χ2n) is 8.80. The van der Waals surface area contributed by atoms with Crippen molar-refractivity contribution in [3.05, 3.63) is 151 Å². The van der Waals surface area contributed by atoms with Gasteiger partial charge in [0, 0.05) is 16.7 Å². The number of nitrogens with zero attached hydrogens (tertiary/aromatic N) is 8. The number of allylic oxidation sites excluding steroid dienone is 7. The molecule has 0 amide bonds. The maximum absolute atomic E-state index is 10.6. The SMILES string of the molecule is [C-]#[N+]C1=C(c2ccccc2)/C(=C(/C#N)[N+]#[C-])c2c(C#N)c3c(c(C#N)c21)/C(=C(/C#N)[N+]#[C-])C(c1ccccc1)=C3C#N. The minimum Gasteiger partial charge on any atom is -0.237 e. The number of nitriles is 5. The highest BCUT2D eigenvalue weighted by molar-refractivity contribution is 6.31. The first kappa shape index (κ1) is 26.2. The Morgan fingerprint density at radius 3 is 1.43 bits per heavy atom. The maximum atomic E-state index is 10.6. The van der Waals surface area contributed by atoms with Crippen LogP contribution in [0, 0.1) is 76.4 Å². The quantitative estimate of drug-likeness (QED) is 0.260. The first-order valence-corrected chi connectivity index (χ1v) is 12.0.